The number of nitrogens with zero attached hydrogens (tertiary/aromatic N) is 2. The number of aromatic hydroxyl groups is 1. The molecule has 0 spiro atoms. The van der Waals surface area contributed by atoms with Gasteiger partial charge in [-0.1, -0.05) is 31.9 Å². The number of benzene rings is 1. The van der Waals surface area contributed by atoms with Gasteiger partial charge in [0.2, 0.25) is 0 Å². The molecule has 0 saturated carbocycles. The average Bonchev–Trinajstić information content (AvgIpc) is 2.65. The predicted molar refractivity (Wildman–Crippen MR) is 102 cm³/mol. The third-order valence-corrected chi connectivity index (χ3v) is 4.30. The molecule has 0 radical (unpaired) electrons. The number of aromatic nitrogens is 2. The molecule has 0 fully saturated rings. The Morgan fingerprint density at radius 3 is 2.62 bits per heavy atom. The van der Waals surface area contributed by atoms with Gasteiger partial charge in [0.1, 0.15) is 11.3 Å². The molecule has 0 saturated heterocycles. The topological polar surface area (TPSA) is 84.2 Å². The maximum absolute atomic E-state index is 13.0. The van der Waals surface area contributed by atoms with Gasteiger partial charge < -0.3 is 15.0 Å². The summed E-state index contributed by atoms with van der Waals surface area (Å²) in [6.07, 6.45) is 5.93. The largest absolute Gasteiger partial charge is 0.506 e. The highest BCUT2D eigenvalue weighted by Gasteiger charge is 2.22. The summed E-state index contributed by atoms with van der Waals surface area (Å²) in [7, 11) is 0. The van der Waals surface area contributed by atoms with E-state index >= 15 is 0 Å². The lowest BCUT2D eigenvalue weighted by atomic mass is 10.1. The zero-order valence-electron chi connectivity index (χ0n) is 14.6. The van der Waals surface area contributed by atoms with Crippen LogP contribution in [0.2, 0.25) is 0 Å². The fourth-order valence-electron chi connectivity index (χ4n) is 2.96. The summed E-state index contributed by atoms with van der Waals surface area (Å²) in [4.78, 5) is 29.5. The Labute approximate surface area is 151 Å². The van der Waals surface area contributed by atoms with E-state index in [9.17, 15) is 14.7 Å². The first kappa shape index (κ1) is 17.7. The van der Waals surface area contributed by atoms with Crippen LogP contribution in [0.4, 0.5) is 5.69 Å². The minimum Gasteiger partial charge on any atom is -0.506 e. The van der Waals surface area contributed by atoms with E-state index in [-0.39, 0.29) is 11.3 Å². The summed E-state index contributed by atoms with van der Waals surface area (Å²) < 4.78 is 1.58. The van der Waals surface area contributed by atoms with Gasteiger partial charge in [0, 0.05) is 30.0 Å². The van der Waals surface area contributed by atoms with Crippen LogP contribution in [0.1, 0.15) is 36.5 Å². The van der Waals surface area contributed by atoms with E-state index < -0.39 is 11.5 Å². The highest BCUT2D eigenvalue weighted by molar-refractivity contribution is 6.09. The Hall–Kier alpha value is -3.15. The van der Waals surface area contributed by atoms with Gasteiger partial charge in [-0.05, 0) is 30.7 Å². The molecule has 3 rings (SSSR count). The molecular weight excluding hydrogens is 330 g/mol. The zero-order chi connectivity index (χ0) is 18.5. The number of carbonyl (C=O) groups is 1. The summed E-state index contributed by atoms with van der Waals surface area (Å²) in [6.45, 7) is 2.59. The van der Waals surface area contributed by atoms with E-state index in [1.54, 1.807) is 47.3 Å². The van der Waals surface area contributed by atoms with E-state index in [4.69, 9.17) is 0 Å². The molecule has 0 aliphatic rings. The number of unbranched alkanes of at least 4 members (excludes halogenated alkanes) is 2. The highest BCUT2D eigenvalue weighted by Crippen LogP contribution is 2.27. The van der Waals surface area contributed by atoms with Crippen LogP contribution in [-0.4, -0.2) is 20.6 Å². The number of hydrogen-bond acceptors (Lipinski definition) is 4. The van der Waals surface area contributed by atoms with Gasteiger partial charge in [-0.3, -0.25) is 14.6 Å². The molecule has 2 aromatic heterocycles. The van der Waals surface area contributed by atoms with Gasteiger partial charge in [-0.2, -0.15) is 0 Å². The lowest BCUT2D eigenvalue weighted by molar-refractivity contribution is 0.102. The van der Waals surface area contributed by atoms with E-state index in [0.717, 1.165) is 19.3 Å². The van der Waals surface area contributed by atoms with Gasteiger partial charge >= 0.3 is 0 Å². The molecule has 0 aliphatic carbocycles. The van der Waals surface area contributed by atoms with E-state index in [0.29, 0.717) is 23.1 Å². The van der Waals surface area contributed by atoms with Gasteiger partial charge in [-0.25, -0.2) is 0 Å². The van der Waals surface area contributed by atoms with Crippen LogP contribution in [0.25, 0.3) is 10.9 Å². The average molecular weight is 351 g/mol. The summed E-state index contributed by atoms with van der Waals surface area (Å²) >= 11 is 0. The number of fused-ring (bicyclic) bond motifs is 1. The van der Waals surface area contributed by atoms with Crippen LogP contribution >= 0.6 is 0 Å². The van der Waals surface area contributed by atoms with Crippen molar-refractivity contribution in [3.05, 3.63) is 64.7 Å². The van der Waals surface area contributed by atoms with Crippen LogP contribution in [0.15, 0.2) is 53.6 Å². The van der Waals surface area contributed by atoms with Crippen molar-refractivity contribution in [1.82, 2.24) is 9.55 Å². The Kier molecular flexibility index (Phi) is 5.31. The first-order chi connectivity index (χ1) is 12.6. The lowest BCUT2D eigenvalue weighted by Crippen LogP contribution is -2.30. The maximum atomic E-state index is 13.0. The molecule has 26 heavy (non-hydrogen) atoms. The van der Waals surface area contributed by atoms with Crippen molar-refractivity contribution < 1.29 is 9.90 Å². The molecular formula is C20H21N3O3. The molecule has 0 atom stereocenters. The number of anilines is 1. The molecule has 6 heteroatoms. The number of carbonyl (C=O) groups excluding carboxylic acids is 1. The molecule has 6 nitrogen and oxygen atoms in total. The Bertz CT molecular complexity index is 981. The lowest BCUT2D eigenvalue weighted by Gasteiger charge is -2.15. The third kappa shape index (κ3) is 3.44. The molecule has 1 amide bonds. The van der Waals surface area contributed by atoms with Crippen LogP contribution in [0.3, 0.4) is 0 Å². The van der Waals surface area contributed by atoms with Crippen LogP contribution in [0, 0.1) is 0 Å². The first-order valence-corrected chi connectivity index (χ1v) is 8.69. The molecule has 0 unspecified atom stereocenters. The fraction of sp³-hybridized carbons (Fsp3) is 0.250. The minimum absolute atomic E-state index is 0.239. The molecule has 1 aromatic carbocycles. The Morgan fingerprint density at radius 2 is 1.88 bits per heavy atom. The van der Waals surface area contributed by atoms with Gasteiger partial charge in [0.05, 0.1) is 5.52 Å². The number of hydrogen-bond donors (Lipinski definition) is 2. The van der Waals surface area contributed by atoms with Crippen LogP contribution in [-0.2, 0) is 6.54 Å². The summed E-state index contributed by atoms with van der Waals surface area (Å²) in [5.41, 5.74) is 0.418. The number of nitrogens with one attached hydrogen (secondary N) is 1. The molecule has 134 valence electrons. The maximum Gasteiger partial charge on any atom is 0.267 e. The summed E-state index contributed by atoms with van der Waals surface area (Å²) in [6, 6.07) is 10.3. The van der Waals surface area contributed by atoms with Crippen molar-refractivity contribution in [3.63, 3.8) is 0 Å². The van der Waals surface area contributed by atoms with Crippen molar-refractivity contribution in [2.45, 2.75) is 32.7 Å². The zero-order valence-corrected chi connectivity index (χ0v) is 14.6. The molecule has 2 N–H and O–H groups in total. The third-order valence-electron chi connectivity index (χ3n) is 4.30. The summed E-state index contributed by atoms with van der Waals surface area (Å²) in [5, 5.41) is 13.7. The second-order valence-electron chi connectivity index (χ2n) is 6.09. The smallest absolute Gasteiger partial charge is 0.267 e. The van der Waals surface area contributed by atoms with Crippen molar-refractivity contribution in [3.8, 4) is 5.75 Å². The van der Waals surface area contributed by atoms with Crippen molar-refractivity contribution in [1.29, 1.82) is 0 Å². The first-order valence-electron chi connectivity index (χ1n) is 8.69. The predicted octanol–water partition coefficient (Wildman–Crippen LogP) is 3.54. The molecule has 0 bridgehead atoms. The SMILES string of the molecule is CCCCCn1c(=O)c(C(=O)Nc2ccncc2)c(O)c2ccccc21. The second-order valence-corrected chi connectivity index (χ2v) is 6.09. The van der Waals surface area contributed by atoms with Gasteiger partial charge in [0.15, 0.2) is 0 Å². The number of para-hydroxylation sites is 1. The van der Waals surface area contributed by atoms with Crippen molar-refractivity contribution >= 4 is 22.5 Å². The van der Waals surface area contributed by atoms with Gasteiger partial charge in [-0.15, -0.1) is 0 Å². The van der Waals surface area contributed by atoms with E-state index in [1.165, 1.54) is 0 Å². The Balaban J connectivity index is 2.09. The standard InChI is InChI=1S/C20H21N3O3/c1-2-3-6-13-23-16-8-5-4-7-15(16)18(24)17(20(23)26)19(25)22-14-9-11-21-12-10-14/h4-5,7-12,24H,2-3,6,13H2,1H3,(H,21,22,25). The van der Waals surface area contributed by atoms with E-state index in [2.05, 4.69) is 17.2 Å². The fourth-order valence-corrected chi connectivity index (χ4v) is 2.96. The quantitative estimate of drug-likeness (QED) is 0.665. The number of amides is 1. The molecule has 3 aromatic rings. The number of rotatable bonds is 6. The number of aryl methyl sites for hydroxylation is 1. The minimum atomic E-state index is -0.631. The molecule has 0 aliphatic heterocycles. The summed E-state index contributed by atoms with van der Waals surface area (Å²) in [5.74, 6) is -0.919. The normalized spacial score (nSPS) is 10.8. The van der Waals surface area contributed by atoms with Crippen LogP contribution < -0.4 is 10.9 Å². The second kappa shape index (κ2) is 7.82. The van der Waals surface area contributed by atoms with E-state index in [1.807, 2.05) is 6.07 Å². The monoisotopic (exact) mass is 351 g/mol. The number of pyridine rings is 2. The van der Waals surface area contributed by atoms with Crippen molar-refractivity contribution in [2.24, 2.45) is 0 Å². The molecule has 2 heterocycles. The van der Waals surface area contributed by atoms with Crippen molar-refractivity contribution in [2.75, 3.05) is 5.32 Å². The van der Waals surface area contributed by atoms with Gasteiger partial charge in [0.25, 0.3) is 11.5 Å². The van der Waals surface area contributed by atoms with Crippen LogP contribution in [0.5, 0.6) is 5.75 Å². The highest BCUT2D eigenvalue weighted by atomic mass is 16.3. The Morgan fingerprint density at radius 1 is 1.15 bits per heavy atom.